The van der Waals surface area contributed by atoms with Gasteiger partial charge in [-0.15, -0.1) is 0 Å². The first kappa shape index (κ1) is 20.0. The number of hydrogen-bond acceptors (Lipinski definition) is 4. The van der Waals surface area contributed by atoms with E-state index >= 15 is 0 Å². The monoisotopic (exact) mass is 390 g/mol. The lowest BCUT2D eigenvalue weighted by atomic mass is 10.2. The Hall–Kier alpha value is -3.74. The molecular formula is C22H22N4O3. The van der Waals surface area contributed by atoms with E-state index in [1.807, 2.05) is 36.4 Å². The maximum absolute atomic E-state index is 12.6. The lowest BCUT2D eigenvalue weighted by Crippen LogP contribution is -2.37. The normalized spacial score (nSPS) is 11.5. The van der Waals surface area contributed by atoms with E-state index in [1.54, 1.807) is 31.3 Å². The standard InChI is InChI=1S/C22H22N4O3/c1-16(19-11-5-6-12-23-19)25-21(28)18-10-7-13-26(22(18)29)15-20(27)24-14-17-8-3-2-4-9-17/h2-13,16H,14-15H2,1H3,(H,24,27)(H,25,28)/t16-/m1/s1. The summed E-state index contributed by atoms with van der Waals surface area (Å²) in [5, 5.41) is 5.53. The van der Waals surface area contributed by atoms with Crippen LogP contribution in [0.5, 0.6) is 0 Å². The average Bonchev–Trinajstić information content (AvgIpc) is 2.75. The summed E-state index contributed by atoms with van der Waals surface area (Å²) < 4.78 is 1.22. The van der Waals surface area contributed by atoms with E-state index in [0.717, 1.165) is 5.56 Å². The Bertz CT molecular complexity index is 1030. The molecule has 0 bridgehead atoms. The fourth-order valence-electron chi connectivity index (χ4n) is 2.82. The number of rotatable bonds is 7. The smallest absolute Gasteiger partial charge is 0.263 e. The van der Waals surface area contributed by atoms with Crippen molar-refractivity contribution in [3.8, 4) is 0 Å². The van der Waals surface area contributed by atoms with Gasteiger partial charge in [-0.1, -0.05) is 36.4 Å². The highest BCUT2D eigenvalue weighted by Crippen LogP contribution is 2.08. The minimum absolute atomic E-state index is 0.0221. The molecule has 1 aromatic carbocycles. The molecule has 0 aliphatic carbocycles. The van der Waals surface area contributed by atoms with Gasteiger partial charge in [-0.2, -0.15) is 0 Å². The Balaban J connectivity index is 1.65. The largest absolute Gasteiger partial charge is 0.350 e. The molecule has 1 atom stereocenters. The molecule has 0 saturated heterocycles. The predicted molar refractivity (Wildman–Crippen MR) is 109 cm³/mol. The van der Waals surface area contributed by atoms with Crippen LogP contribution < -0.4 is 16.2 Å². The molecule has 0 spiro atoms. The van der Waals surface area contributed by atoms with Gasteiger partial charge in [-0.05, 0) is 36.8 Å². The van der Waals surface area contributed by atoms with Crippen molar-refractivity contribution in [3.05, 3.63) is 100 Å². The Morgan fingerprint density at radius 2 is 1.79 bits per heavy atom. The molecule has 2 amide bonds. The summed E-state index contributed by atoms with van der Waals surface area (Å²) in [5.74, 6) is -0.817. The lowest BCUT2D eigenvalue weighted by Gasteiger charge is -2.14. The van der Waals surface area contributed by atoms with Gasteiger partial charge in [0.05, 0.1) is 11.7 Å². The SMILES string of the molecule is C[C@@H](NC(=O)c1cccn(CC(=O)NCc2ccccc2)c1=O)c1ccccn1. The van der Waals surface area contributed by atoms with Gasteiger partial charge in [0.15, 0.2) is 0 Å². The minimum atomic E-state index is -0.520. The van der Waals surface area contributed by atoms with Crippen molar-refractivity contribution in [1.82, 2.24) is 20.2 Å². The highest BCUT2D eigenvalue weighted by Gasteiger charge is 2.17. The van der Waals surface area contributed by atoms with Gasteiger partial charge in [-0.25, -0.2) is 0 Å². The highest BCUT2D eigenvalue weighted by molar-refractivity contribution is 5.94. The number of pyridine rings is 2. The maximum atomic E-state index is 12.6. The predicted octanol–water partition coefficient (Wildman–Crippen LogP) is 2.05. The number of carbonyl (C=O) groups excluding carboxylic acids is 2. The van der Waals surface area contributed by atoms with Gasteiger partial charge in [0.1, 0.15) is 12.1 Å². The van der Waals surface area contributed by atoms with Crippen LogP contribution in [0.25, 0.3) is 0 Å². The molecule has 0 fully saturated rings. The fourth-order valence-corrected chi connectivity index (χ4v) is 2.82. The quantitative estimate of drug-likeness (QED) is 0.646. The van der Waals surface area contributed by atoms with E-state index in [9.17, 15) is 14.4 Å². The van der Waals surface area contributed by atoms with Crippen LogP contribution in [-0.2, 0) is 17.9 Å². The van der Waals surface area contributed by atoms with E-state index in [2.05, 4.69) is 15.6 Å². The van der Waals surface area contributed by atoms with Gasteiger partial charge in [0.2, 0.25) is 5.91 Å². The number of hydrogen-bond donors (Lipinski definition) is 2. The van der Waals surface area contributed by atoms with Gasteiger partial charge in [-0.3, -0.25) is 19.4 Å². The van der Waals surface area contributed by atoms with Crippen LogP contribution in [0.2, 0.25) is 0 Å². The number of amides is 2. The second-order valence-corrected chi connectivity index (χ2v) is 6.57. The molecule has 2 heterocycles. The van der Waals surface area contributed by atoms with Gasteiger partial charge < -0.3 is 15.2 Å². The molecule has 2 aromatic heterocycles. The van der Waals surface area contributed by atoms with E-state index in [-0.39, 0.29) is 24.1 Å². The molecule has 3 rings (SSSR count). The summed E-state index contributed by atoms with van der Waals surface area (Å²) in [6.07, 6.45) is 3.13. The van der Waals surface area contributed by atoms with Crippen molar-refractivity contribution in [1.29, 1.82) is 0 Å². The number of benzene rings is 1. The third-order valence-corrected chi connectivity index (χ3v) is 4.39. The van der Waals surface area contributed by atoms with Crippen molar-refractivity contribution in [2.45, 2.75) is 26.1 Å². The summed E-state index contributed by atoms with van der Waals surface area (Å²) in [7, 11) is 0. The van der Waals surface area contributed by atoms with Gasteiger partial charge in [0.25, 0.3) is 11.5 Å². The topological polar surface area (TPSA) is 93.1 Å². The summed E-state index contributed by atoms with van der Waals surface area (Å²) in [6.45, 7) is 2.00. The van der Waals surface area contributed by atoms with E-state index in [0.29, 0.717) is 12.2 Å². The molecular weight excluding hydrogens is 368 g/mol. The van der Waals surface area contributed by atoms with Crippen molar-refractivity contribution < 1.29 is 9.59 Å². The zero-order valence-corrected chi connectivity index (χ0v) is 16.0. The first-order valence-electron chi connectivity index (χ1n) is 9.26. The first-order chi connectivity index (χ1) is 14.0. The summed E-state index contributed by atoms with van der Waals surface area (Å²) in [4.78, 5) is 41.6. The second kappa shape index (κ2) is 9.45. The maximum Gasteiger partial charge on any atom is 0.263 e. The summed E-state index contributed by atoms with van der Waals surface area (Å²) >= 11 is 0. The van der Waals surface area contributed by atoms with Gasteiger partial charge >= 0.3 is 0 Å². The molecule has 0 saturated carbocycles. The molecule has 0 radical (unpaired) electrons. The van der Waals surface area contributed by atoms with Crippen molar-refractivity contribution in [3.63, 3.8) is 0 Å². The van der Waals surface area contributed by atoms with Crippen LogP contribution in [0.1, 0.15) is 34.6 Å². The highest BCUT2D eigenvalue weighted by atomic mass is 16.2. The molecule has 29 heavy (non-hydrogen) atoms. The number of nitrogens with zero attached hydrogens (tertiary/aromatic N) is 2. The zero-order chi connectivity index (χ0) is 20.6. The molecule has 7 heteroatoms. The van der Waals surface area contributed by atoms with Crippen LogP contribution in [0.4, 0.5) is 0 Å². The Morgan fingerprint density at radius 1 is 1.03 bits per heavy atom. The minimum Gasteiger partial charge on any atom is -0.350 e. The van der Waals surface area contributed by atoms with E-state index in [1.165, 1.54) is 16.8 Å². The number of aromatic nitrogens is 2. The molecule has 0 aliphatic heterocycles. The fraction of sp³-hybridized carbons (Fsp3) is 0.182. The van der Waals surface area contributed by atoms with Crippen LogP contribution in [0.15, 0.2) is 77.9 Å². The molecule has 3 aromatic rings. The number of carbonyl (C=O) groups is 2. The van der Waals surface area contributed by atoms with Gasteiger partial charge in [0, 0.05) is 18.9 Å². The molecule has 0 aliphatic rings. The molecule has 0 unspecified atom stereocenters. The van der Waals surface area contributed by atoms with Crippen molar-refractivity contribution in [2.24, 2.45) is 0 Å². The third kappa shape index (κ3) is 5.38. The Labute approximate surface area is 168 Å². The van der Waals surface area contributed by atoms with Crippen LogP contribution >= 0.6 is 0 Å². The van der Waals surface area contributed by atoms with Crippen molar-refractivity contribution in [2.75, 3.05) is 0 Å². The van der Waals surface area contributed by atoms with Crippen molar-refractivity contribution >= 4 is 11.8 Å². The average molecular weight is 390 g/mol. The molecule has 7 nitrogen and oxygen atoms in total. The second-order valence-electron chi connectivity index (χ2n) is 6.57. The Kier molecular flexibility index (Phi) is 6.52. The summed E-state index contributed by atoms with van der Waals surface area (Å²) in [5.41, 5.74) is 1.11. The Morgan fingerprint density at radius 3 is 2.52 bits per heavy atom. The van der Waals surface area contributed by atoms with Crippen LogP contribution in [-0.4, -0.2) is 21.4 Å². The van der Waals surface area contributed by atoms with E-state index < -0.39 is 11.5 Å². The molecule has 2 N–H and O–H groups in total. The third-order valence-electron chi connectivity index (χ3n) is 4.39. The van der Waals surface area contributed by atoms with Crippen LogP contribution in [0, 0.1) is 0 Å². The zero-order valence-electron chi connectivity index (χ0n) is 16.0. The van der Waals surface area contributed by atoms with E-state index in [4.69, 9.17) is 0 Å². The summed E-state index contributed by atoms with van der Waals surface area (Å²) in [6, 6.07) is 17.6. The first-order valence-corrected chi connectivity index (χ1v) is 9.26. The molecule has 148 valence electrons. The number of nitrogens with one attached hydrogen (secondary N) is 2. The lowest BCUT2D eigenvalue weighted by molar-refractivity contribution is -0.121. The van der Waals surface area contributed by atoms with Crippen LogP contribution in [0.3, 0.4) is 0 Å².